The summed E-state index contributed by atoms with van der Waals surface area (Å²) in [7, 11) is 0. The van der Waals surface area contributed by atoms with E-state index in [1.165, 1.54) is 5.56 Å². The van der Waals surface area contributed by atoms with Gasteiger partial charge in [-0.25, -0.2) is 4.99 Å². The first-order valence-electron chi connectivity index (χ1n) is 11.3. The van der Waals surface area contributed by atoms with Crippen LogP contribution in [-0.4, -0.2) is 44.7 Å². The summed E-state index contributed by atoms with van der Waals surface area (Å²) in [5.74, 6) is 1.94. The normalized spacial score (nSPS) is 11.7. The van der Waals surface area contributed by atoms with E-state index in [2.05, 4.69) is 33.1 Å². The van der Waals surface area contributed by atoms with Crippen LogP contribution >= 0.6 is 24.0 Å². The lowest BCUT2D eigenvalue weighted by molar-refractivity contribution is -0.119. The van der Waals surface area contributed by atoms with Crippen molar-refractivity contribution in [1.29, 1.82) is 0 Å². The predicted octanol–water partition coefficient (Wildman–Crippen LogP) is 4.08. The molecule has 0 aliphatic carbocycles. The Morgan fingerprint density at radius 1 is 0.970 bits per heavy atom. The molecule has 0 saturated carbocycles. The monoisotopic (exact) mass is 568 g/mol. The summed E-state index contributed by atoms with van der Waals surface area (Å²) in [6.07, 6.45) is 0.797. The predicted molar refractivity (Wildman–Crippen MR) is 145 cm³/mol. The minimum absolute atomic E-state index is 0. The highest BCUT2D eigenvalue weighted by Gasteiger charge is 2.13. The number of hydrogen-bond acceptors (Lipinski definition) is 4. The van der Waals surface area contributed by atoms with Crippen LogP contribution in [0.4, 0.5) is 0 Å². The van der Waals surface area contributed by atoms with E-state index in [0.717, 1.165) is 23.5 Å². The average Bonchev–Trinajstić information content (AvgIpc) is 2.79. The van der Waals surface area contributed by atoms with E-state index in [9.17, 15) is 4.79 Å². The van der Waals surface area contributed by atoms with Gasteiger partial charge in [-0.3, -0.25) is 4.79 Å². The number of amides is 1. The molecule has 2 aromatic rings. The fourth-order valence-corrected chi connectivity index (χ4v) is 3.14. The molecule has 0 radical (unpaired) electrons. The van der Waals surface area contributed by atoms with Crippen molar-refractivity contribution in [3.05, 3.63) is 59.7 Å². The van der Waals surface area contributed by atoms with Crippen molar-refractivity contribution in [2.75, 3.05) is 32.8 Å². The smallest absolute Gasteiger partial charge is 0.241 e. The van der Waals surface area contributed by atoms with Gasteiger partial charge in [-0.15, -0.1) is 24.0 Å². The van der Waals surface area contributed by atoms with E-state index in [0.29, 0.717) is 32.3 Å². The standard InChI is InChI=1S/C25H36N4O3.HI/c1-5-26-25(28-18-24(30)27-16-15-20-11-9-8-10-12-20)29-19(4)21-13-14-22(31-6-2)23(17-21)32-7-3;/h8-14,17,19H,5-7,15-16,18H2,1-4H3,(H,27,30)(H2,26,28,29);1H. The fourth-order valence-electron chi connectivity index (χ4n) is 3.14. The largest absolute Gasteiger partial charge is 0.490 e. The summed E-state index contributed by atoms with van der Waals surface area (Å²) in [6.45, 7) is 10.4. The number of rotatable bonds is 12. The second-order valence-electron chi connectivity index (χ2n) is 7.22. The van der Waals surface area contributed by atoms with Crippen LogP contribution in [0.25, 0.3) is 0 Å². The first kappa shape index (κ1) is 28.5. The second-order valence-corrected chi connectivity index (χ2v) is 7.22. The molecule has 0 fully saturated rings. The Morgan fingerprint density at radius 2 is 1.67 bits per heavy atom. The van der Waals surface area contributed by atoms with E-state index in [1.54, 1.807) is 0 Å². The number of halogens is 1. The van der Waals surface area contributed by atoms with Gasteiger partial charge in [0.1, 0.15) is 6.54 Å². The molecule has 2 aromatic carbocycles. The minimum Gasteiger partial charge on any atom is -0.490 e. The number of carbonyl (C=O) groups is 1. The van der Waals surface area contributed by atoms with Crippen LogP contribution in [0.3, 0.4) is 0 Å². The summed E-state index contributed by atoms with van der Waals surface area (Å²) in [5, 5.41) is 9.47. The van der Waals surface area contributed by atoms with Gasteiger partial charge in [-0.1, -0.05) is 36.4 Å². The lowest BCUT2D eigenvalue weighted by Crippen LogP contribution is -2.39. The Morgan fingerprint density at radius 3 is 2.33 bits per heavy atom. The fraction of sp³-hybridized carbons (Fsp3) is 0.440. The zero-order valence-electron chi connectivity index (χ0n) is 20.0. The molecule has 0 aromatic heterocycles. The van der Waals surface area contributed by atoms with Crippen LogP contribution in [0.2, 0.25) is 0 Å². The maximum absolute atomic E-state index is 12.2. The number of aliphatic imine (C=N–C) groups is 1. The number of carbonyl (C=O) groups excluding carboxylic acids is 1. The van der Waals surface area contributed by atoms with Gasteiger partial charge in [0.2, 0.25) is 5.91 Å². The van der Waals surface area contributed by atoms with Crippen molar-refractivity contribution in [3.63, 3.8) is 0 Å². The van der Waals surface area contributed by atoms with Crippen LogP contribution < -0.4 is 25.4 Å². The molecule has 0 spiro atoms. The number of ether oxygens (including phenoxy) is 2. The van der Waals surface area contributed by atoms with Gasteiger partial charge in [0, 0.05) is 13.1 Å². The molecule has 0 saturated heterocycles. The van der Waals surface area contributed by atoms with Crippen molar-refractivity contribution < 1.29 is 14.3 Å². The lowest BCUT2D eigenvalue weighted by atomic mass is 10.1. The number of guanidine groups is 1. The molecule has 1 unspecified atom stereocenters. The maximum Gasteiger partial charge on any atom is 0.241 e. The molecule has 0 heterocycles. The van der Waals surface area contributed by atoms with Gasteiger partial charge in [0.05, 0.1) is 19.3 Å². The van der Waals surface area contributed by atoms with Gasteiger partial charge in [-0.2, -0.15) is 0 Å². The number of nitrogens with zero attached hydrogens (tertiary/aromatic N) is 1. The van der Waals surface area contributed by atoms with Crippen LogP contribution in [-0.2, 0) is 11.2 Å². The molecular weight excluding hydrogens is 531 g/mol. The van der Waals surface area contributed by atoms with Gasteiger partial charge >= 0.3 is 0 Å². The van der Waals surface area contributed by atoms with Gasteiger partial charge in [0.15, 0.2) is 17.5 Å². The van der Waals surface area contributed by atoms with Crippen molar-refractivity contribution in [2.45, 2.75) is 40.2 Å². The average molecular weight is 569 g/mol. The molecule has 0 aliphatic heterocycles. The van der Waals surface area contributed by atoms with Gasteiger partial charge in [-0.05, 0) is 57.4 Å². The highest BCUT2D eigenvalue weighted by Crippen LogP contribution is 2.30. The summed E-state index contributed by atoms with van der Waals surface area (Å²) in [6, 6.07) is 16.0. The minimum atomic E-state index is -0.106. The molecular formula is C25H37IN4O3. The van der Waals surface area contributed by atoms with Gasteiger partial charge in [0.25, 0.3) is 0 Å². The Hall–Kier alpha value is -2.49. The second kappa shape index (κ2) is 16.2. The molecule has 33 heavy (non-hydrogen) atoms. The highest BCUT2D eigenvalue weighted by molar-refractivity contribution is 14.0. The zero-order valence-corrected chi connectivity index (χ0v) is 22.3. The Labute approximate surface area is 214 Å². The van der Waals surface area contributed by atoms with Crippen molar-refractivity contribution >= 4 is 35.8 Å². The third-order valence-electron chi connectivity index (χ3n) is 4.72. The third kappa shape index (κ3) is 10.3. The first-order chi connectivity index (χ1) is 15.6. The van der Waals surface area contributed by atoms with Crippen molar-refractivity contribution in [2.24, 2.45) is 4.99 Å². The van der Waals surface area contributed by atoms with E-state index < -0.39 is 0 Å². The van der Waals surface area contributed by atoms with Crippen LogP contribution in [0.5, 0.6) is 11.5 Å². The van der Waals surface area contributed by atoms with Crippen LogP contribution in [0, 0.1) is 0 Å². The molecule has 2 rings (SSSR count). The Balaban J connectivity index is 0.00000544. The number of nitrogens with one attached hydrogen (secondary N) is 3. The molecule has 0 bridgehead atoms. The summed E-state index contributed by atoms with van der Waals surface area (Å²) in [4.78, 5) is 16.6. The first-order valence-corrected chi connectivity index (χ1v) is 11.3. The molecule has 3 N–H and O–H groups in total. The Kier molecular flexibility index (Phi) is 14.0. The van der Waals surface area contributed by atoms with E-state index in [-0.39, 0.29) is 42.5 Å². The number of hydrogen-bond donors (Lipinski definition) is 3. The number of benzene rings is 2. The third-order valence-corrected chi connectivity index (χ3v) is 4.72. The van der Waals surface area contributed by atoms with Crippen molar-refractivity contribution in [3.8, 4) is 11.5 Å². The molecule has 8 heteroatoms. The molecule has 7 nitrogen and oxygen atoms in total. The lowest BCUT2D eigenvalue weighted by Gasteiger charge is -2.20. The summed E-state index contributed by atoms with van der Waals surface area (Å²) >= 11 is 0. The topological polar surface area (TPSA) is 84.0 Å². The maximum atomic E-state index is 12.2. The summed E-state index contributed by atoms with van der Waals surface area (Å²) < 4.78 is 11.4. The van der Waals surface area contributed by atoms with E-state index in [1.807, 2.05) is 64.1 Å². The van der Waals surface area contributed by atoms with Gasteiger partial charge < -0.3 is 25.4 Å². The zero-order chi connectivity index (χ0) is 23.2. The highest BCUT2D eigenvalue weighted by atomic mass is 127. The molecule has 1 atom stereocenters. The summed E-state index contributed by atoms with van der Waals surface area (Å²) in [5.41, 5.74) is 2.23. The van der Waals surface area contributed by atoms with E-state index >= 15 is 0 Å². The van der Waals surface area contributed by atoms with Crippen LogP contribution in [0.1, 0.15) is 44.9 Å². The quantitative estimate of drug-likeness (QED) is 0.204. The molecule has 1 amide bonds. The molecule has 182 valence electrons. The van der Waals surface area contributed by atoms with Crippen molar-refractivity contribution in [1.82, 2.24) is 16.0 Å². The molecule has 0 aliphatic rings. The Bertz CT molecular complexity index is 862. The SMILES string of the molecule is CCNC(=NCC(=O)NCCc1ccccc1)NC(C)c1ccc(OCC)c(OCC)c1.I. The van der Waals surface area contributed by atoms with E-state index in [4.69, 9.17) is 9.47 Å². The van der Waals surface area contributed by atoms with Crippen LogP contribution in [0.15, 0.2) is 53.5 Å².